The van der Waals surface area contributed by atoms with E-state index in [1.54, 1.807) is 6.20 Å². The van der Waals surface area contributed by atoms with Gasteiger partial charge in [-0.2, -0.15) is 0 Å². The third kappa shape index (κ3) is 5.14. The van der Waals surface area contributed by atoms with Gasteiger partial charge in [-0.05, 0) is 30.2 Å². The van der Waals surface area contributed by atoms with E-state index in [1.807, 2.05) is 36.6 Å². The molecular formula is C18H23FN4O3. The maximum absolute atomic E-state index is 14.0. The van der Waals surface area contributed by atoms with Crippen molar-refractivity contribution >= 4 is 17.4 Å². The number of ether oxygens (including phenoxy) is 1. The normalized spacial score (nSPS) is 11.7. The number of nitrogens with zero attached hydrogens (tertiary/aromatic N) is 2. The van der Waals surface area contributed by atoms with Gasteiger partial charge in [0.1, 0.15) is 11.6 Å². The molecule has 26 heavy (non-hydrogen) atoms. The number of anilines is 2. The highest BCUT2D eigenvalue weighted by atomic mass is 19.1. The molecule has 0 bridgehead atoms. The van der Waals surface area contributed by atoms with Crippen molar-refractivity contribution in [2.45, 2.75) is 12.5 Å². The number of aromatic nitrogens is 1. The summed E-state index contributed by atoms with van der Waals surface area (Å²) >= 11 is 0. The summed E-state index contributed by atoms with van der Waals surface area (Å²) in [6.07, 6.45) is 2.24. The molecule has 2 aromatic rings. The summed E-state index contributed by atoms with van der Waals surface area (Å²) in [6, 6.07) is 7.24. The Morgan fingerprint density at radius 2 is 2.12 bits per heavy atom. The van der Waals surface area contributed by atoms with E-state index >= 15 is 0 Å². The van der Waals surface area contributed by atoms with Crippen molar-refractivity contribution in [1.29, 1.82) is 0 Å². The van der Waals surface area contributed by atoms with Gasteiger partial charge in [0.25, 0.3) is 5.91 Å². The highest BCUT2D eigenvalue weighted by Gasteiger charge is 2.18. The molecule has 3 N–H and O–H groups in total. The van der Waals surface area contributed by atoms with Gasteiger partial charge in [0, 0.05) is 33.5 Å². The molecule has 2 rings (SSSR count). The summed E-state index contributed by atoms with van der Waals surface area (Å²) < 4.78 is 19.2. The average Bonchev–Trinajstić information content (AvgIpc) is 2.62. The molecule has 0 saturated carbocycles. The Morgan fingerprint density at radius 1 is 1.35 bits per heavy atom. The Labute approximate surface area is 151 Å². The molecule has 0 fully saturated rings. The molecule has 1 aromatic carbocycles. The van der Waals surface area contributed by atoms with E-state index in [9.17, 15) is 9.18 Å². The first-order valence-electron chi connectivity index (χ1n) is 8.06. The number of pyridine rings is 1. The van der Waals surface area contributed by atoms with E-state index in [4.69, 9.17) is 9.94 Å². The second kappa shape index (κ2) is 9.12. The maximum atomic E-state index is 14.0. The fraction of sp³-hybridized carbons (Fsp3) is 0.333. The van der Waals surface area contributed by atoms with Crippen molar-refractivity contribution in [2.75, 3.05) is 38.2 Å². The zero-order chi connectivity index (χ0) is 19.1. The lowest BCUT2D eigenvalue weighted by Crippen LogP contribution is -2.40. The van der Waals surface area contributed by atoms with E-state index in [2.05, 4.69) is 10.3 Å². The van der Waals surface area contributed by atoms with Crippen LogP contribution in [0.25, 0.3) is 0 Å². The van der Waals surface area contributed by atoms with Gasteiger partial charge in [0.05, 0.1) is 23.9 Å². The second-order valence-corrected chi connectivity index (χ2v) is 6.06. The molecule has 0 aliphatic heterocycles. The first-order valence-corrected chi connectivity index (χ1v) is 8.06. The van der Waals surface area contributed by atoms with E-state index in [0.29, 0.717) is 6.42 Å². The molecule has 1 atom stereocenters. The van der Waals surface area contributed by atoms with Gasteiger partial charge in [-0.3, -0.25) is 15.5 Å². The monoisotopic (exact) mass is 362 g/mol. The van der Waals surface area contributed by atoms with Gasteiger partial charge in [-0.1, -0.05) is 6.07 Å². The Balaban J connectivity index is 2.08. The van der Waals surface area contributed by atoms with Crippen molar-refractivity contribution in [3.8, 4) is 0 Å². The lowest BCUT2D eigenvalue weighted by molar-refractivity contribution is 0.0893. The number of benzene rings is 1. The summed E-state index contributed by atoms with van der Waals surface area (Å²) in [6.45, 7) is 0.277. The van der Waals surface area contributed by atoms with Crippen molar-refractivity contribution in [1.82, 2.24) is 10.3 Å². The van der Waals surface area contributed by atoms with Gasteiger partial charge in [-0.25, -0.2) is 9.37 Å². The number of carbonyl (C=O) groups excluding carboxylic acids is 1. The lowest BCUT2D eigenvalue weighted by atomic mass is 10.1. The minimum atomic E-state index is -0.727. The molecule has 1 amide bonds. The fourth-order valence-corrected chi connectivity index (χ4v) is 2.47. The van der Waals surface area contributed by atoms with Crippen LogP contribution in [-0.4, -0.2) is 50.0 Å². The van der Waals surface area contributed by atoms with E-state index in [0.717, 1.165) is 17.4 Å². The van der Waals surface area contributed by atoms with Gasteiger partial charge < -0.3 is 15.0 Å². The Kier molecular flexibility index (Phi) is 6.88. The molecule has 0 aliphatic rings. The zero-order valence-electron chi connectivity index (χ0n) is 15.0. The number of hydrogen-bond acceptors (Lipinski definition) is 6. The van der Waals surface area contributed by atoms with Gasteiger partial charge in [0.2, 0.25) is 0 Å². The largest absolute Gasteiger partial charge is 0.383 e. The standard InChI is InChI=1S/C18H23FN4O3/c1-23(2)17-7-4-12(10-20-17)8-14(11-26-3)21-18(24)15-6-5-13(22-25)9-16(15)19/h4-7,9-10,14,22,25H,8,11H2,1-3H3,(H,21,24). The first kappa shape index (κ1) is 19.6. The molecule has 7 nitrogen and oxygen atoms in total. The molecule has 8 heteroatoms. The van der Waals surface area contributed by atoms with Crippen LogP contribution < -0.4 is 15.7 Å². The van der Waals surface area contributed by atoms with E-state index in [-0.39, 0.29) is 23.9 Å². The highest BCUT2D eigenvalue weighted by Crippen LogP contribution is 2.15. The van der Waals surface area contributed by atoms with Gasteiger partial charge in [0.15, 0.2) is 0 Å². The number of carbonyl (C=O) groups is 1. The lowest BCUT2D eigenvalue weighted by Gasteiger charge is -2.19. The number of halogens is 1. The summed E-state index contributed by atoms with van der Waals surface area (Å²) in [7, 11) is 5.35. The van der Waals surface area contributed by atoms with Crippen LogP contribution in [0.4, 0.5) is 15.9 Å². The number of hydrogen-bond donors (Lipinski definition) is 3. The summed E-state index contributed by atoms with van der Waals surface area (Å²) in [5.74, 6) is -0.442. The molecule has 140 valence electrons. The third-order valence-corrected chi connectivity index (χ3v) is 3.80. The molecular weight excluding hydrogens is 339 g/mol. The van der Waals surface area contributed by atoms with Crippen molar-refractivity contribution in [3.05, 3.63) is 53.5 Å². The van der Waals surface area contributed by atoms with Crippen LogP contribution in [0, 0.1) is 5.82 Å². The maximum Gasteiger partial charge on any atom is 0.254 e. The van der Waals surface area contributed by atoms with Crippen LogP contribution in [0.15, 0.2) is 36.5 Å². The fourth-order valence-electron chi connectivity index (χ4n) is 2.47. The van der Waals surface area contributed by atoms with E-state index < -0.39 is 11.7 Å². The van der Waals surface area contributed by atoms with Crippen LogP contribution in [0.3, 0.4) is 0 Å². The van der Waals surface area contributed by atoms with Crippen LogP contribution >= 0.6 is 0 Å². The van der Waals surface area contributed by atoms with Crippen LogP contribution in [0.5, 0.6) is 0 Å². The average molecular weight is 362 g/mol. The van der Waals surface area contributed by atoms with Crippen molar-refractivity contribution in [3.63, 3.8) is 0 Å². The minimum absolute atomic E-state index is 0.105. The highest BCUT2D eigenvalue weighted by molar-refractivity contribution is 5.95. The van der Waals surface area contributed by atoms with Gasteiger partial charge in [-0.15, -0.1) is 0 Å². The van der Waals surface area contributed by atoms with Crippen LogP contribution in [-0.2, 0) is 11.2 Å². The molecule has 1 unspecified atom stereocenters. The molecule has 0 saturated heterocycles. The topological polar surface area (TPSA) is 86.7 Å². The van der Waals surface area contributed by atoms with Crippen LogP contribution in [0.1, 0.15) is 15.9 Å². The van der Waals surface area contributed by atoms with Gasteiger partial charge >= 0.3 is 0 Å². The third-order valence-electron chi connectivity index (χ3n) is 3.80. The minimum Gasteiger partial charge on any atom is -0.383 e. The molecule has 1 heterocycles. The quantitative estimate of drug-likeness (QED) is 0.624. The van der Waals surface area contributed by atoms with Crippen molar-refractivity contribution in [2.24, 2.45) is 0 Å². The molecule has 0 radical (unpaired) electrons. The van der Waals surface area contributed by atoms with Crippen LogP contribution in [0.2, 0.25) is 0 Å². The number of methoxy groups -OCH3 is 1. The van der Waals surface area contributed by atoms with E-state index in [1.165, 1.54) is 19.2 Å². The predicted octanol–water partition coefficient (Wildman–Crippen LogP) is 2.08. The smallest absolute Gasteiger partial charge is 0.254 e. The number of nitrogens with one attached hydrogen (secondary N) is 2. The molecule has 1 aromatic heterocycles. The first-order chi connectivity index (χ1) is 12.4. The summed E-state index contributed by atoms with van der Waals surface area (Å²) in [4.78, 5) is 18.6. The SMILES string of the molecule is COCC(Cc1ccc(N(C)C)nc1)NC(=O)c1ccc(NO)cc1F. The predicted molar refractivity (Wildman–Crippen MR) is 97.2 cm³/mol. The summed E-state index contributed by atoms with van der Waals surface area (Å²) in [5.41, 5.74) is 2.83. The molecule has 0 spiro atoms. The molecule has 0 aliphatic carbocycles. The number of amides is 1. The Bertz CT molecular complexity index is 738. The number of rotatable bonds is 8. The second-order valence-electron chi connectivity index (χ2n) is 6.06. The summed E-state index contributed by atoms with van der Waals surface area (Å²) in [5, 5.41) is 11.6. The zero-order valence-corrected chi connectivity index (χ0v) is 15.0. The van der Waals surface area contributed by atoms with Crippen molar-refractivity contribution < 1.29 is 19.1 Å². The Morgan fingerprint density at radius 3 is 2.65 bits per heavy atom. The Hall–Kier alpha value is -2.71.